The van der Waals surface area contributed by atoms with Crippen molar-refractivity contribution in [3.8, 4) is 0 Å². The lowest BCUT2D eigenvalue weighted by molar-refractivity contribution is -0.139. The molecule has 2 heterocycles. The van der Waals surface area contributed by atoms with Crippen molar-refractivity contribution in [3.63, 3.8) is 0 Å². The fourth-order valence-corrected chi connectivity index (χ4v) is 2.94. The molecule has 2 aliphatic rings. The number of carbonyl (C=O) groups is 2. The van der Waals surface area contributed by atoms with Gasteiger partial charge in [0.25, 0.3) is 0 Å². The van der Waals surface area contributed by atoms with E-state index in [4.69, 9.17) is 5.73 Å². The zero-order chi connectivity index (χ0) is 12.6. The van der Waals surface area contributed by atoms with Crippen LogP contribution >= 0.6 is 0 Å². The molecule has 0 aromatic heterocycles. The fraction of sp³-hybridized carbons (Fsp3) is 0.833. The van der Waals surface area contributed by atoms with Crippen LogP contribution in [-0.2, 0) is 9.59 Å². The van der Waals surface area contributed by atoms with Gasteiger partial charge >= 0.3 is 0 Å². The minimum atomic E-state index is -0.567. The summed E-state index contributed by atoms with van der Waals surface area (Å²) in [4.78, 5) is 27.3. The van der Waals surface area contributed by atoms with E-state index in [1.807, 2.05) is 4.90 Å². The third kappa shape index (κ3) is 2.29. The van der Waals surface area contributed by atoms with Gasteiger partial charge < -0.3 is 15.5 Å². The second-order valence-electron chi connectivity index (χ2n) is 5.19. The standard InChI is InChI=1S/C12H21N3O2/c1-8-3-4-10-5-6-14(9(2)16)7-11(13)12(17)15(8)10/h8,10-11H,3-7,13H2,1-2H3. The number of hydrogen-bond acceptors (Lipinski definition) is 3. The van der Waals surface area contributed by atoms with Crippen LogP contribution in [0.25, 0.3) is 0 Å². The van der Waals surface area contributed by atoms with Crippen LogP contribution in [0, 0.1) is 0 Å². The summed E-state index contributed by atoms with van der Waals surface area (Å²) in [7, 11) is 0. The van der Waals surface area contributed by atoms with Gasteiger partial charge in [-0.1, -0.05) is 0 Å². The van der Waals surface area contributed by atoms with Gasteiger partial charge in [-0.3, -0.25) is 9.59 Å². The number of nitrogens with two attached hydrogens (primary N) is 1. The number of rotatable bonds is 0. The highest BCUT2D eigenvalue weighted by atomic mass is 16.2. The normalized spacial score (nSPS) is 34.3. The Morgan fingerprint density at radius 1 is 1.35 bits per heavy atom. The van der Waals surface area contributed by atoms with Gasteiger partial charge in [0, 0.05) is 32.1 Å². The highest BCUT2D eigenvalue weighted by molar-refractivity contribution is 5.84. The third-order valence-corrected chi connectivity index (χ3v) is 3.95. The summed E-state index contributed by atoms with van der Waals surface area (Å²) in [6.07, 6.45) is 2.96. The van der Waals surface area contributed by atoms with Crippen LogP contribution < -0.4 is 5.73 Å². The Bertz CT molecular complexity index is 332. The molecular weight excluding hydrogens is 218 g/mol. The fourth-order valence-electron chi connectivity index (χ4n) is 2.94. The van der Waals surface area contributed by atoms with E-state index in [0.717, 1.165) is 19.3 Å². The monoisotopic (exact) mass is 239 g/mol. The Balaban J connectivity index is 2.16. The molecule has 0 aliphatic carbocycles. The molecule has 0 bridgehead atoms. The summed E-state index contributed by atoms with van der Waals surface area (Å²) in [6.45, 7) is 4.68. The number of carbonyl (C=O) groups excluding carboxylic acids is 2. The van der Waals surface area contributed by atoms with Crippen molar-refractivity contribution in [1.82, 2.24) is 9.80 Å². The molecule has 17 heavy (non-hydrogen) atoms. The zero-order valence-corrected chi connectivity index (χ0v) is 10.6. The van der Waals surface area contributed by atoms with Crippen molar-refractivity contribution in [1.29, 1.82) is 0 Å². The number of amides is 2. The van der Waals surface area contributed by atoms with Crippen molar-refractivity contribution < 1.29 is 9.59 Å². The van der Waals surface area contributed by atoms with E-state index in [-0.39, 0.29) is 17.9 Å². The Labute approximate surface area is 102 Å². The summed E-state index contributed by atoms with van der Waals surface area (Å²) in [5.74, 6) is 0.0127. The molecule has 0 radical (unpaired) electrons. The number of nitrogens with zero attached hydrogens (tertiary/aromatic N) is 2. The van der Waals surface area contributed by atoms with E-state index in [2.05, 4.69) is 6.92 Å². The molecule has 2 N–H and O–H groups in total. The number of hydrogen-bond donors (Lipinski definition) is 1. The molecule has 2 aliphatic heterocycles. The van der Waals surface area contributed by atoms with Crippen LogP contribution in [0.1, 0.15) is 33.1 Å². The molecule has 2 fully saturated rings. The van der Waals surface area contributed by atoms with E-state index in [1.165, 1.54) is 6.92 Å². The molecular formula is C12H21N3O2. The molecule has 0 saturated carbocycles. The average Bonchev–Trinajstić information content (AvgIpc) is 2.62. The third-order valence-electron chi connectivity index (χ3n) is 3.95. The van der Waals surface area contributed by atoms with Crippen LogP contribution in [0.2, 0.25) is 0 Å². The Morgan fingerprint density at radius 2 is 2.06 bits per heavy atom. The van der Waals surface area contributed by atoms with Gasteiger partial charge in [0.15, 0.2) is 0 Å². The summed E-state index contributed by atoms with van der Waals surface area (Å²) < 4.78 is 0. The van der Waals surface area contributed by atoms with Crippen LogP contribution in [0.4, 0.5) is 0 Å². The molecule has 96 valence electrons. The molecule has 5 nitrogen and oxygen atoms in total. The minimum Gasteiger partial charge on any atom is -0.341 e. The summed E-state index contributed by atoms with van der Waals surface area (Å²) in [5, 5.41) is 0. The van der Waals surface area contributed by atoms with Gasteiger partial charge in [-0.25, -0.2) is 0 Å². The molecule has 3 unspecified atom stereocenters. The van der Waals surface area contributed by atoms with Gasteiger partial charge in [-0.05, 0) is 26.2 Å². The quantitative estimate of drug-likeness (QED) is 0.644. The van der Waals surface area contributed by atoms with Crippen molar-refractivity contribution >= 4 is 11.8 Å². The largest absolute Gasteiger partial charge is 0.341 e. The SMILES string of the molecule is CC(=O)N1CCC2CCC(C)N2C(=O)C(N)C1. The lowest BCUT2D eigenvalue weighted by Crippen LogP contribution is -2.56. The van der Waals surface area contributed by atoms with Crippen molar-refractivity contribution in [2.24, 2.45) is 5.73 Å². The van der Waals surface area contributed by atoms with Gasteiger partial charge in [-0.15, -0.1) is 0 Å². The van der Waals surface area contributed by atoms with Gasteiger partial charge in [0.1, 0.15) is 6.04 Å². The van der Waals surface area contributed by atoms with Crippen LogP contribution in [0.5, 0.6) is 0 Å². The first-order chi connectivity index (χ1) is 8.00. The van der Waals surface area contributed by atoms with Gasteiger partial charge in [0.05, 0.1) is 0 Å². The Morgan fingerprint density at radius 3 is 2.71 bits per heavy atom. The van der Waals surface area contributed by atoms with Crippen LogP contribution in [0.15, 0.2) is 0 Å². The molecule has 0 spiro atoms. The summed E-state index contributed by atoms with van der Waals surface area (Å²) >= 11 is 0. The first-order valence-corrected chi connectivity index (χ1v) is 6.34. The average molecular weight is 239 g/mol. The van der Waals surface area contributed by atoms with Crippen molar-refractivity contribution in [2.75, 3.05) is 13.1 Å². The summed E-state index contributed by atoms with van der Waals surface area (Å²) in [5.41, 5.74) is 5.91. The smallest absolute Gasteiger partial charge is 0.241 e. The second-order valence-corrected chi connectivity index (χ2v) is 5.19. The van der Waals surface area contributed by atoms with E-state index in [0.29, 0.717) is 19.1 Å². The van der Waals surface area contributed by atoms with E-state index >= 15 is 0 Å². The maximum Gasteiger partial charge on any atom is 0.241 e. The molecule has 0 aromatic carbocycles. The maximum absolute atomic E-state index is 12.2. The highest BCUT2D eigenvalue weighted by Gasteiger charge is 2.38. The predicted molar refractivity (Wildman–Crippen MR) is 64.2 cm³/mol. The molecule has 0 aromatic rings. The van der Waals surface area contributed by atoms with E-state index in [1.54, 1.807) is 4.90 Å². The molecule has 2 saturated heterocycles. The lowest BCUT2D eigenvalue weighted by atomic mass is 10.1. The first kappa shape index (κ1) is 12.4. The Kier molecular flexibility index (Phi) is 3.38. The maximum atomic E-state index is 12.2. The molecule has 2 amide bonds. The second kappa shape index (κ2) is 4.64. The summed E-state index contributed by atoms with van der Waals surface area (Å²) in [6, 6.07) is -0.00428. The zero-order valence-electron chi connectivity index (χ0n) is 10.6. The van der Waals surface area contributed by atoms with Crippen LogP contribution in [0.3, 0.4) is 0 Å². The topological polar surface area (TPSA) is 66.6 Å². The molecule has 5 heteroatoms. The van der Waals surface area contributed by atoms with E-state index < -0.39 is 6.04 Å². The van der Waals surface area contributed by atoms with Gasteiger partial charge in [-0.2, -0.15) is 0 Å². The minimum absolute atomic E-state index is 0.00551. The number of fused-ring (bicyclic) bond motifs is 1. The molecule has 2 rings (SSSR count). The lowest BCUT2D eigenvalue weighted by Gasteiger charge is -2.36. The highest BCUT2D eigenvalue weighted by Crippen LogP contribution is 2.28. The first-order valence-electron chi connectivity index (χ1n) is 6.34. The molecule has 3 atom stereocenters. The van der Waals surface area contributed by atoms with Crippen LogP contribution in [-0.4, -0.2) is 52.8 Å². The van der Waals surface area contributed by atoms with Crippen molar-refractivity contribution in [3.05, 3.63) is 0 Å². The van der Waals surface area contributed by atoms with E-state index in [9.17, 15) is 9.59 Å². The Hall–Kier alpha value is -1.10. The predicted octanol–water partition coefficient (Wildman–Crippen LogP) is -0.0546. The van der Waals surface area contributed by atoms with Crippen molar-refractivity contribution in [2.45, 2.75) is 51.2 Å². The van der Waals surface area contributed by atoms with Gasteiger partial charge in [0.2, 0.25) is 11.8 Å².